The van der Waals surface area contributed by atoms with Crippen LogP contribution in [-0.4, -0.2) is 21.1 Å². The zero-order chi connectivity index (χ0) is 16.1. The van der Waals surface area contributed by atoms with Gasteiger partial charge in [-0.05, 0) is 36.4 Å². The summed E-state index contributed by atoms with van der Waals surface area (Å²) in [5.41, 5.74) is 1.12. The number of carbonyl (C=O) groups excluding carboxylic acids is 1. The van der Waals surface area contributed by atoms with Crippen molar-refractivity contribution in [3.05, 3.63) is 60.4 Å². The number of hydrogen-bond donors (Lipinski definition) is 1. The van der Waals surface area contributed by atoms with E-state index in [0.29, 0.717) is 29.6 Å². The van der Waals surface area contributed by atoms with Gasteiger partial charge in [0.2, 0.25) is 11.8 Å². The highest BCUT2D eigenvalue weighted by Crippen LogP contribution is 2.15. The van der Waals surface area contributed by atoms with Crippen molar-refractivity contribution in [2.45, 2.75) is 12.8 Å². The summed E-state index contributed by atoms with van der Waals surface area (Å²) >= 11 is 0. The van der Waals surface area contributed by atoms with Gasteiger partial charge in [-0.15, -0.1) is 10.2 Å². The normalized spacial score (nSPS) is 10.5. The van der Waals surface area contributed by atoms with E-state index in [1.807, 2.05) is 6.07 Å². The predicted molar refractivity (Wildman–Crippen MR) is 80.9 cm³/mol. The molecule has 0 unspecified atom stereocenters. The largest absolute Gasteiger partial charge is 0.419 e. The van der Waals surface area contributed by atoms with Crippen LogP contribution in [0.3, 0.4) is 0 Å². The third-order valence-electron chi connectivity index (χ3n) is 3.04. The van der Waals surface area contributed by atoms with E-state index in [9.17, 15) is 9.18 Å². The number of carbonyl (C=O) groups is 1. The van der Waals surface area contributed by atoms with Gasteiger partial charge in [0, 0.05) is 24.7 Å². The van der Waals surface area contributed by atoms with Crippen molar-refractivity contribution in [1.29, 1.82) is 0 Å². The second-order valence-corrected chi connectivity index (χ2v) is 4.77. The molecule has 7 heteroatoms. The summed E-state index contributed by atoms with van der Waals surface area (Å²) in [5, 5.41) is 10.5. The van der Waals surface area contributed by atoms with E-state index < -0.39 is 0 Å². The molecule has 0 atom stereocenters. The fourth-order valence-corrected chi connectivity index (χ4v) is 1.92. The molecular formula is C16H13FN4O2. The zero-order valence-electron chi connectivity index (χ0n) is 12.1. The fourth-order valence-electron chi connectivity index (χ4n) is 1.92. The van der Waals surface area contributed by atoms with Crippen LogP contribution in [0.25, 0.3) is 11.6 Å². The van der Waals surface area contributed by atoms with Crippen LogP contribution in [0, 0.1) is 5.82 Å². The first-order valence-corrected chi connectivity index (χ1v) is 7.00. The second kappa shape index (κ2) is 6.78. The number of amides is 1. The smallest absolute Gasteiger partial charge is 0.266 e. The van der Waals surface area contributed by atoms with E-state index in [1.54, 1.807) is 18.3 Å². The molecule has 1 amide bonds. The molecule has 116 valence electrons. The minimum absolute atomic E-state index is 0.182. The lowest BCUT2D eigenvalue weighted by atomic mass is 10.2. The van der Waals surface area contributed by atoms with Gasteiger partial charge in [0.25, 0.3) is 5.89 Å². The molecule has 6 nitrogen and oxygen atoms in total. The molecule has 3 aromatic rings. The van der Waals surface area contributed by atoms with Crippen LogP contribution < -0.4 is 5.32 Å². The topological polar surface area (TPSA) is 80.9 Å². The number of nitrogens with one attached hydrogen (secondary N) is 1. The Morgan fingerprint density at radius 2 is 1.96 bits per heavy atom. The lowest BCUT2D eigenvalue weighted by Crippen LogP contribution is -2.12. The van der Waals surface area contributed by atoms with Crippen molar-refractivity contribution in [2.24, 2.45) is 0 Å². The maximum Gasteiger partial charge on any atom is 0.266 e. The van der Waals surface area contributed by atoms with Gasteiger partial charge in [0.05, 0.1) is 0 Å². The molecule has 0 bridgehead atoms. The Morgan fingerprint density at radius 3 is 2.70 bits per heavy atom. The molecule has 0 aliphatic heterocycles. The lowest BCUT2D eigenvalue weighted by molar-refractivity contribution is -0.116. The molecule has 2 heterocycles. The van der Waals surface area contributed by atoms with Crippen molar-refractivity contribution in [3.63, 3.8) is 0 Å². The standard InChI is InChI=1S/C16H13FN4O2/c17-11-4-6-12(7-5-11)19-14(22)8-9-15-20-21-16(23-15)13-3-1-2-10-18-13/h1-7,10H,8-9H2,(H,19,22). The van der Waals surface area contributed by atoms with Gasteiger partial charge in [-0.25, -0.2) is 4.39 Å². The van der Waals surface area contributed by atoms with Crippen LogP contribution in [-0.2, 0) is 11.2 Å². The highest BCUT2D eigenvalue weighted by atomic mass is 19.1. The summed E-state index contributed by atoms with van der Waals surface area (Å²) in [6.07, 6.45) is 2.13. The Bertz CT molecular complexity index is 787. The first-order chi connectivity index (χ1) is 11.2. The molecular weight excluding hydrogens is 299 g/mol. The van der Waals surface area contributed by atoms with Gasteiger partial charge in [0.15, 0.2) is 0 Å². The quantitative estimate of drug-likeness (QED) is 0.783. The Hall–Kier alpha value is -3.09. The highest BCUT2D eigenvalue weighted by Gasteiger charge is 2.11. The number of aryl methyl sites for hydroxylation is 1. The summed E-state index contributed by atoms with van der Waals surface area (Å²) in [4.78, 5) is 16.0. The number of rotatable bonds is 5. The predicted octanol–water partition coefficient (Wildman–Crippen LogP) is 2.84. The van der Waals surface area contributed by atoms with Crippen LogP contribution >= 0.6 is 0 Å². The summed E-state index contributed by atoms with van der Waals surface area (Å²) in [6, 6.07) is 10.9. The third-order valence-corrected chi connectivity index (χ3v) is 3.04. The number of aromatic nitrogens is 3. The monoisotopic (exact) mass is 312 g/mol. The van der Waals surface area contributed by atoms with E-state index in [4.69, 9.17) is 4.42 Å². The molecule has 1 aromatic carbocycles. The molecule has 23 heavy (non-hydrogen) atoms. The van der Waals surface area contributed by atoms with E-state index in [1.165, 1.54) is 24.3 Å². The molecule has 0 radical (unpaired) electrons. The van der Waals surface area contributed by atoms with Crippen molar-refractivity contribution in [1.82, 2.24) is 15.2 Å². The molecule has 2 aromatic heterocycles. The molecule has 3 rings (SSSR count). The van der Waals surface area contributed by atoms with Gasteiger partial charge < -0.3 is 9.73 Å². The highest BCUT2D eigenvalue weighted by molar-refractivity contribution is 5.90. The summed E-state index contributed by atoms with van der Waals surface area (Å²) in [6.45, 7) is 0. The van der Waals surface area contributed by atoms with E-state index in [0.717, 1.165) is 0 Å². The third kappa shape index (κ3) is 3.97. The number of benzene rings is 1. The van der Waals surface area contributed by atoms with Gasteiger partial charge in [-0.3, -0.25) is 9.78 Å². The zero-order valence-corrected chi connectivity index (χ0v) is 12.1. The minimum Gasteiger partial charge on any atom is -0.419 e. The number of nitrogens with zero attached hydrogens (tertiary/aromatic N) is 3. The minimum atomic E-state index is -0.351. The van der Waals surface area contributed by atoms with Crippen LogP contribution in [0.4, 0.5) is 10.1 Å². The van der Waals surface area contributed by atoms with Gasteiger partial charge in [-0.2, -0.15) is 0 Å². The van der Waals surface area contributed by atoms with Gasteiger partial charge in [-0.1, -0.05) is 6.07 Å². The van der Waals surface area contributed by atoms with Crippen LogP contribution in [0.15, 0.2) is 53.1 Å². The van der Waals surface area contributed by atoms with Crippen LogP contribution in [0.5, 0.6) is 0 Å². The Kier molecular flexibility index (Phi) is 4.37. The molecule has 0 saturated carbocycles. The maximum atomic E-state index is 12.8. The first-order valence-electron chi connectivity index (χ1n) is 7.00. The van der Waals surface area contributed by atoms with Crippen LogP contribution in [0.1, 0.15) is 12.3 Å². The summed E-state index contributed by atoms with van der Waals surface area (Å²) < 4.78 is 18.3. The van der Waals surface area contributed by atoms with E-state index in [-0.39, 0.29) is 18.1 Å². The SMILES string of the molecule is O=C(CCc1nnc(-c2ccccn2)o1)Nc1ccc(F)cc1. The number of hydrogen-bond acceptors (Lipinski definition) is 5. The molecule has 0 aliphatic carbocycles. The maximum absolute atomic E-state index is 12.8. The van der Waals surface area contributed by atoms with Crippen molar-refractivity contribution < 1.29 is 13.6 Å². The number of halogens is 1. The number of anilines is 1. The molecule has 0 spiro atoms. The van der Waals surface area contributed by atoms with E-state index >= 15 is 0 Å². The number of pyridine rings is 1. The Labute approximate surface area is 131 Å². The molecule has 0 saturated heterocycles. The average Bonchev–Trinajstić information content (AvgIpc) is 3.05. The summed E-state index contributed by atoms with van der Waals surface area (Å²) in [5.74, 6) is 0.115. The Morgan fingerprint density at radius 1 is 1.13 bits per heavy atom. The Balaban J connectivity index is 1.55. The van der Waals surface area contributed by atoms with Crippen molar-refractivity contribution in [2.75, 3.05) is 5.32 Å². The van der Waals surface area contributed by atoms with Gasteiger partial charge in [0.1, 0.15) is 11.5 Å². The van der Waals surface area contributed by atoms with Crippen molar-refractivity contribution in [3.8, 4) is 11.6 Å². The molecule has 0 aliphatic rings. The fraction of sp³-hybridized carbons (Fsp3) is 0.125. The summed E-state index contributed by atoms with van der Waals surface area (Å²) in [7, 11) is 0. The van der Waals surface area contributed by atoms with Crippen molar-refractivity contribution >= 4 is 11.6 Å². The first kappa shape index (κ1) is 14.8. The molecule has 1 N–H and O–H groups in total. The average molecular weight is 312 g/mol. The lowest BCUT2D eigenvalue weighted by Gasteiger charge is -2.03. The molecule has 0 fully saturated rings. The van der Waals surface area contributed by atoms with E-state index in [2.05, 4.69) is 20.5 Å². The van der Waals surface area contributed by atoms with Gasteiger partial charge >= 0.3 is 0 Å². The van der Waals surface area contributed by atoms with Crippen LogP contribution in [0.2, 0.25) is 0 Å². The second-order valence-electron chi connectivity index (χ2n) is 4.77.